The van der Waals surface area contributed by atoms with Gasteiger partial charge < -0.3 is 10.1 Å². The second kappa shape index (κ2) is 5.56. The van der Waals surface area contributed by atoms with Gasteiger partial charge in [-0.1, -0.05) is 0 Å². The van der Waals surface area contributed by atoms with Gasteiger partial charge in [0.05, 0.1) is 13.2 Å². The van der Waals surface area contributed by atoms with Crippen LogP contribution in [-0.2, 0) is 4.74 Å². The molecule has 1 aliphatic rings. The predicted molar refractivity (Wildman–Crippen MR) is 65.0 cm³/mol. The molecule has 0 aromatic carbocycles. The van der Waals surface area contributed by atoms with E-state index >= 15 is 0 Å². The van der Waals surface area contributed by atoms with Gasteiger partial charge in [0.1, 0.15) is 5.82 Å². The minimum atomic E-state index is 0.520. The van der Waals surface area contributed by atoms with E-state index in [0.717, 1.165) is 43.8 Å². The Hall–Kier alpha value is -0.720. The van der Waals surface area contributed by atoms with Gasteiger partial charge in [0.2, 0.25) is 5.13 Å². The number of aromatic nitrogens is 2. The van der Waals surface area contributed by atoms with Crippen molar-refractivity contribution in [2.75, 3.05) is 38.2 Å². The number of nitrogens with one attached hydrogen (secondary N) is 1. The highest BCUT2D eigenvalue weighted by Gasteiger charge is 2.17. The molecule has 6 heteroatoms. The van der Waals surface area contributed by atoms with Gasteiger partial charge >= 0.3 is 0 Å². The van der Waals surface area contributed by atoms with Crippen LogP contribution in [0.15, 0.2) is 0 Å². The lowest BCUT2D eigenvalue weighted by Crippen LogP contribution is -2.45. The zero-order chi connectivity index (χ0) is 11.4. The SMILES string of the molecule is Cc1nsc(NCCN2CCOCC2C)n1. The molecule has 2 heterocycles. The molecule has 1 saturated heterocycles. The lowest BCUT2D eigenvalue weighted by atomic mass is 10.2. The molecular formula is C10H18N4OS. The fourth-order valence-corrected chi connectivity index (χ4v) is 2.37. The molecule has 1 atom stereocenters. The quantitative estimate of drug-likeness (QED) is 0.853. The number of hydrogen-bond acceptors (Lipinski definition) is 6. The summed E-state index contributed by atoms with van der Waals surface area (Å²) in [6, 6.07) is 0.520. The Morgan fingerprint density at radius 2 is 2.50 bits per heavy atom. The largest absolute Gasteiger partial charge is 0.379 e. The maximum atomic E-state index is 5.40. The molecule has 0 amide bonds. The van der Waals surface area contributed by atoms with Crippen molar-refractivity contribution < 1.29 is 4.74 Å². The summed E-state index contributed by atoms with van der Waals surface area (Å²) >= 11 is 1.42. The van der Waals surface area contributed by atoms with E-state index in [4.69, 9.17) is 4.74 Å². The number of ether oxygens (including phenoxy) is 1. The third-order valence-corrected chi connectivity index (χ3v) is 3.47. The molecule has 2 rings (SSSR count). The van der Waals surface area contributed by atoms with E-state index in [2.05, 4.69) is 26.5 Å². The van der Waals surface area contributed by atoms with Crippen molar-refractivity contribution in [2.45, 2.75) is 19.9 Å². The number of nitrogens with zero attached hydrogens (tertiary/aromatic N) is 3. The molecule has 0 radical (unpaired) electrons. The van der Waals surface area contributed by atoms with E-state index in [-0.39, 0.29) is 0 Å². The maximum absolute atomic E-state index is 5.40. The van der Waals surface area contributed by atoms with Crippen LogP contribution in [0.4, 0.5) is 5.13 Å². The number of anilines is 1. The molecule has 1 N–H and O–H groups in total. The molecule has 1 fully saturated rings. The average Bonchev–Trinajstić information content (AvgIpc) is 2.67. The van der Waals surface area contributed by atoms with Gasteiger partial charge in [-0.2, -0.15) is 4.37 Å². The van der Waals surface area contributed by atoms with E-state index in [1.54, 1.807) is 0 Å². The van der Waals surface area contributed by atoms with Crippen LogP contribution in [0.1, 0.15) is 12.7 Å². The van der Waals surface area contributed by atoms with Gasteiger partial charge in [0.15, 0.2) is 0 Å². The van der Waals surface area contributed by atoms with E-state index in [0.29, 0.717) is 6.04 Å². The predicted octanol–water partition coefficient (Wildman–Crippen LogP) is 0.979. The summed E-state index contributed by atoms with van der Waals surface area (Å²) in [5.41, 5.74) is 0. The van der Waals surface area contributed by atoms with Crippen molar-refractivity contribution in [1.82, 2.24) is 14.3 Å². The second-order valence-electron chi connectivity index (χ2n) is 4.03. The summed E-state index contributed by atoms with van der Waals surface area (Å²) in [4.78, 5) is 6.70. The van der Waals surface area contributed by atoms with Crippen LogP contribution in [0.5, 0.6) is 0 Å². The van der Waals surface area contributed by atoms with Crippen LogP contribution in [0, 0.1) is 6.92 Å². The molecule has 1 aliphatic heterocycles. The summed E-state index contributed by atoms with van der Waals surface area (Å²) < 4.78 is 9.53. The maximum Gasteiger partial charge on any atom is 0.202 e. The smallest absolute Gasteiger partial charge is 0.202 e. The molecule has 16 heavy (non-hydrogen) atoms. The molecule has 0 bridgehead atoms. The molecule has 5 nitrogen and oxygen atoms in total. The lowest BCUT2D eigenvalue weighted by molar-refractivity contribution is 0.00181. The van der Waals surface area contributed by atoms with Crippen LogP contribution in [0.25, 0.3) is 0 Å². The van der Waals surface area contributed by atoms with Gasteiger partial charge in [0, 0.05) is 37.2 Å². The summed E-state index contributed by atoms with van der Waals surface area (Å²) in [6.07, 6.45) is 0. The first-order chi connectivity index (χ1) is 7.75. The summed E-state index contributed by atoms with van der Waals surface area (Å²) in [6.45, 7) is 8.78. The molecular weight excluding hydrogens is 224 g/mol. The van der Waals surface area contributed by atoms with Gasteiger partial charge in [-0.25, -0.2) is 4.98 Å². The van der Waals surface area contributed by atoms with Crippen LogP contribution < -0.4 is 5.32 Å². The molecule has 0 aliphatic carbocycles. The number of hydrogen-bond donors (Lipinski definition) is 1. The van der Waals surface area contributed by atoms with E-state index < -0.39 is 0 Å². The number of morpholine rings is 1. The van der Waals surface area contributed by atoms with Crippen molar-refractivity contribution in [1.29, 1.82) is 0 Å². The third-order valence-electron chi connectivity index (χ3n) is 2.71. The first kappa shape index (κ1) is 11.8. The Morgan fingerprint density at radius 3 is 3.19 bits per heavy atom. The first-order valence-corrected chi connectivity index (χ1v) is 6.39. The molecule has 1 unspecified atom stereocenters. The Labute approximate surface area is 100.0 Å². The highest BCUT2D eigenvalue weighted by molar-refractivity contribution is 7.09. The molecule has 0 spiro atoms. The first-order valence-electron chi connectivity index (χ1n) is 5.61. The van der Waals surface area contributed by atoms with Gasteiger partial charge in [-0.05, 0) is 13.8 Å². The monoisotopic (exact) mass is 242 g/mol. The molecule has 0 saturated carbocycles. The number of rotatable bonds is 4. The summed E-state index contributed by atoms with van der Waals surface area (Å²) in [7, 11) is 0. The Bertz CT molecular complexity index is 330. The second-order valence-corrected chi connectivity index (χ2v) is 4.79. The van der Waals surface area contributed by atoms with Gasteiger partial charge in [-0.3, -0.25) is 4.90 Å². The van der Waals surface area contributed by atoms with Crippen LogP contribution in [0.3, 0.4) is 0 Å². The Kier molecular flexibility index (Phi) is 4.09. The fraction of sp³-hybridized carbons (Fsp3) is 0.800. The van der Waals surface area contributed by atoms with Crippen LogP contribution >= 0.6 is 11.5 Å². The minimum Gasteiger partial charge on any atom is -0.379 e. The zero-order valence-electron chi connectivity index (χ0n) is 9.77. The van der Waals surface area contributed by atoms with E-state index in [1.807, 2.05) is 6.92 Å². The molecule has 1 aromatic rings. The van der Waals surface area contributed by atoms with Crippen molar-refractivity contribution in [2.24, 2.45) is 0 Å². The van der Waals surface area contributed by atoms with Gasteiger partial charge in [0.25, 0.3) is 0 Å². The lowest BCUT2D eigenvalue weighted by Gasteiger charge is -2.33. The van der Waals surface area contributed by atoms with Gasteiger partial charge in [-0.15, -0.1) is 0 Å². The average molecular weight is 242 g/mol. The van der Waals surface area contributed by atoms with E-state index in [1.165, 1.54) is 11.5 Å². The van der Waals surface area contributed by atoms with Crippen molar-refractivity contribution in [3.8, 4) is 0 Å². The van der Waals surface area contributed by atoms with Crippen molar-refractivity contribution in [3.05, 3.63) is 5.82 Å². The normalized spacial score (nSPS) is 22.2. The highest BCUT2D eigenvalue weighted by atomic mass is 32.1. The topological polar surface area (TPSA) is 50.3 Å². The fourth-order valence-electron chi connectivity index (χ4n) is 1.77. The minimum absolute atomic E-state index is 0.520. The Morgan fingerprint density at radius 1 is 1.62 bits per heavy atom. The highest BCUT2D eigenvalue weighted by Crippen LogP contribution is 2.10. The number of aryl methyl sites for hydroxylation is 1. The molecule has 1 aromatic heterocycles. The summed E-state index contributed by atoms with van der Waals surface area (Å²) in [5, 5.41) is 4.21. The standard InChI is InChI=1S/C10H18N4OS/c1-8-7-15-6-5-14(8)4-3-11-10-12-9(2)13-16-10/h8H,3-7H2,1-2H3,(H,11,12,13). The van der Waals surface area contributed by atoms with Crippen molar-refractivity contribution in [3.63, 3.8) is 0 Å². The summed E-state index contributed by atoms with van der Waals surface area (Å²) in [5.74, 6) is 0.840. The zero-order valence-corrected chi connectivity index (χ0v) is 10.6. The van der Waals surface area contributed by atoms with Crippen LogP contribution in [-0.4, -0.2) is 53.1 Å². The molecule has 90 valence electrons. The Balaban J connectivity index is 1.71. The van der Waals surface area contributed by atoms with E-state index in [9.17, 15) is 0 Å². The van der Waals surface area contributed by atoms with Crippen molar-refractivity contribution >= 4 is 16.7 Å². The van der Waals surface area contributed by atoms with Crippen LogP contribution in [0.2, 0.25) is 0 Å². The third kappa shape index (κ3) is 3.13.